The van der Waals surface area contributed by atoms with E-state index < -0.39 is 30.9 Å². The predicted octanol–water partition coefficient (Wildman–Crippen LogP) is 4.27. The monoisotopic (exact) mass is 491 g/mol. The molecule has 0 unspecified atom stereocenters. The predicted molar refractivity (Wildman–Crippen MR) is 119 cm³/mol. The van der Waals surface area contributed by atoms with Crippen LogP contribution in [-0.4, -0.2) is 44.6 Å². The first-order valence-electron chi connectivity index (χ1n) is 9.27. The maximum absolute atomic E-state index is 14.3. The quantitative estimate of drug-likeness (QED) is 0.442. The second kappa shape index (κ2) is 17.5. The second-order valence-electron chi connectivity index (χ2n) is 5.88. The number of hydrogen-bond donors (Lipinski definition) is 2. The van der Waals surface area contributed by atoms with E-state index in [1.165, 1.54) is 36.2 Å². The number of benzene rings is 2. The summed E-state index contributed by atoms with van der Waals surface area (Å²) >= 11 is 5.84. The normalized spacial score (nSPS) is 10.5. The molecule has 0 saturated carbocycles. The molecular weight excluding hydrogens is 466 g/mol. The number of nitrogens with zero attached hydrogens (tertiary/aromatic N) is 2. The molecule has 0 aromatic heterocycles. The highest BCUT2D eigenvalue weighted by Gasteiger charge is 2.30. The van der Waals surface area contributed by atoms with Crippen LogP contribution in [0.3, 0.4) is 0 Å². The molecule has 6 nitrogen and oxygen atoms in total. The van der Waals surface area contributed by atoms with Crippen LogP contribution in [0.15, 0.2) is 42.5 Å². The molecule has 0 aliphatic rings. The number of hydrogen-bond acceptors (Lipinski definition) is 6. The van der Waals surface area contributed by atoms with Crippen molar-refractivity contribution in [2.75, 3.05) is 19.1 Å². The van der Waals surface area contributed by atoms with Crippen LogP contribution in [0.4, 0.5) is 23.2 Å². The van der Waals surface area contributed by atoms with Gasteiger partial charge in [0.1, 0.15) is 18.9 Å². The van der Waals surface area contributed by atoms with E-state index >= 15 is 0 Å². The van der Waals surface area contributed by atoms with Crippen molar-refractivity contribution < 1.29 is 32.3 Å². The van der Waals surface area contributed by atoms with Crippen LogP contribution in [0.25, 0.3) is 0 Å². The van der Waals surface area contributed by atoms with Crippen LogP contribution in [-0.2, 0) is 16.1 Å². The summed E-state index contributed by atoms with van der Waals surface area (Å²) in [6, 6.07) is 10.7. The van der Waals surface area contributed by atoms with Crippen LogP contribution in [0, 0.1) is 17.1 Å². The highest BCUT2D eigenvalue weighted by molar-refractivity contribution is 6.30. The summed E-state index contributed by atoms with van der Waals surface area (Å²) in [4.78, 5) is 20.9. The van der Waals surface area contributed by atoms with Gasteiger partial charge in [-0.25, -0.2) is 4.39 Å². The van der Waals surface area contributed by atoms with Crippen molar-refractivity contribution in [3.63, 3.8) is 0 Å². The molecule has 2 rings (SSSR count). The fraction of sp³-hybridized carbons (Fsp3) is 0.318. The third kappa shape index (κ3) is 12.0. The lowest BCUT2D eigenvalue weighted by Gasteiger charge is -2.31. The minimum absolute atomic E-state index is 0.123. The Kier molecular flexibility index (Phi) is 17.1. The maximum Gasteiger partial charge on any atom is 0.389 e. The van der Waals surface area contributed by atoms with Crippen molar-refractivity contribution in [2.45, 2.75) is 31.6 Å². The number of carbonyl (C=O) groups is 2. The number of aldehydes is 1. The van der Waals surface area contributed by atoms with Crippen LogP contribution >= 0.6 is 11.6 Å². The zero-order valence-electron chi connectivity index (χ0n) is 18.1. The molecule has 33 heavy (non-hydrogen) atoms. The summed E-state index contributed by atoms with van der Waals surface area (Å²) in [6.45, 7) is 1.86. The molecule has 2 aromatic rings. The number of anilines is 1. The molecule has 0 aliphatic carbocycles. The first-order valence-corrected chi connectivity index (χ1v) is 9.65. The Labute approximate surface area is 195 Å². The van der Waals surface area contributed by atoms with Crippen LogP contribution in [0.1, 0.15) is 24.0 Å². The van der Waals surface area contributed by atoms with Gasteiger partial charge in [0, 0.05) is 36.3 Å². The van der Waals surface area contributed by atoms with E-state index in [0.29, 0.717) is 17.0 Å². The molecule has 0 spiro atoms. The van der Waals surface area contributed by atoms with Gasteiger partial charge in [0.15, 0.2) is 0 Å². The van der Waals surface area contributed by atoms with E-state index in [4.69, 9.17) is 26.8 Å². The zero-order chi connectivity index (χ0) is 26.0. The smallest absolute Gasteiger partial charge is 0.389 e. The van der Waals surface area contributed by atoms with Crippen molar-refractivity contribution in [3.8, 4) is 6.07 Å². The average molecular weight is 492 g/mol. The molecule has 1 atom stereocenters. The average Bonchev–Trinajstić information content (AvgIpc) is 2.83. The van der Waals surface area contributed by atoms with Crippen molar-refractivity contribution in [1.82, 2.24) is 0 Å². The van der Waals surface area contributed by atoms with Gasteiger partial charge in [0.05, 0.1) is 17.7 Å². The fourth-order valence-electron chi connectivity index (χ4n) is 2.57. The van der Waals surface area contributed by atoms with E-state index in [9.17, 15) is 22.4 Å². The molecule has 11 heteroatoms. The summed E-state index contributed by atoms with van der Waals surface area (Å²) in [5.74, 6) is -0.673. The number of rotatable bonds is 7. The largest absolute Gasteiger partial charge is 0.400 e. The van der Waals surface area contributed by atoms with Gasteiger partial charge < -0.3 is 25.3 Å². The Morgan fingerprint density at radius 3 is 2.15 bits per heavy atom. The SMILES string of the molecule is C=O.CN.CO.N#Cc1ccc(CN(c2ccc(Cl)cc2)[C@@H](C=O)CCC(F)(F)F)c(F)c1. The first-order chi connectivity index (χ1) is 15.7. The minimum atomic E-state index is -4.41. The number of nitrogens with two attached hydrogens (primary N) is 1. The molecule has 0 fully saturated rings. The van der Waals surface area contributed by atoms with Crippen molar-refractivity contribution in [2.24, 2.45) is 5.73 Å². The molecular formula is C22H26ClF4N3O3. The topological polar surface area (TPSA) is 107 Å². The standard InChI is InChI=1S/C19H15ClF4N2O.CH5N.CH4O.CH2O/c20-15-3-5-16(6-4-15)26(17(12-27)7-8-19(22,23)24)11-14-2-1-13(10-25)9-18(14)21;3*1-2/h1-6,9,12,17H,7-8,11H2;2H2,1H3;2H,1H3;1H2/t17-;;;/m1.../s1. The Morgan fingerprint density at radius 2 is 1.73 bits per heavy atom. The lowest BCUT2D eigenvalue weighted by Crippen LogP contribution is -2.37. The highest BCUT2D eigenvalue weighted by Crippen LogP contribution is 2.28. The van der Waals surface area contributed by atoms with Gasteiger partial charge >= 0.3 is 6.18 Å². The van der Waals surface area contributed by atoms with Crippen LogP contribution < -0.4 is 10.6 Å². The summed E-state index contributed by atoms with van der Waals surface area (Å²) in [5, 5.41) is 16.2. The molecule has 0 radical (unpaired) electrons. The Hall–Kier alpha value is -3.00. The first kappa shape index (κ1) is 32.2. The van der Waals surface area contributed by atoms with E-state index in [1.54, 1.807) is 12.1 Å². The van der Waals surface area contributed by atoms with E-state index in [2.05, 4.69) is 5.73 Å². The van der Waals surface area contributed by atoms with Gasteiger partial charge in [-0.1, -0.05) is 17.7 Å². The minimum Gasteiger partial charge on any atom is -0.400 e. The lowest BCUT2D eigenvalue weighted by atomic mass is 10.1. The third-order valence-electron chi connectivity index (χ3n) is 3.96. The van der Waals surface area contributed by atoms with Gasteiger partial charge in [0.25, 0.3) is 0 Å². The number of halogens is 5. The molecule has 0 heterocycles. The van der Waals surface area contributed by atoms with Crippen molar-refractivity contribution in [1.29, 1.82) is 5.26 Å². The maximum atomic E-state index is 14.3. The Morgan fingerprint density at radius 1 is 1.18 bits per heavy atom. The van der Waals surface area contributed by atoms with Gasteiger partial charge in [-0.15, -0.1) is 0 Å². The molecule has 0 saturated heterocycles. The Balaban J connectivity index is 0. The van der Waals surface area contributed by atoms with Gasteiger partial charge in [-0.05, 0) is 49.9 Å². The molecule has 0 aliphatic heterocycles. The van der Waals surface area contributed by atoms with Crippen molar-refractivity contribution >= 4 is 30.4 Å². The highest BCUT2D eigenvalue weighted by atomic mass is 35.5. The third-order valence-corrected chi connectivity index (χ3v) is 4.21. The molecule has 182 valence electrons. The fourth-order valence-corrected chi connectivity index (χ4v) is 2.70. The molecule has 0 bridgehead atoms. The van der Waals surface area contributed by atoms with E-state index in [1.807, 2.05) is 12.9 Å². The number of nitriles is 1. The number of alkyl halides is 3. The summed E-state index contributed by atoms with van der Waals surface area (Å²) in [5.41, 5.74) is 5.21. The zero-order valence-corrected chi connectivity index (χ0v) is 18.9. The van der Waals surface area contributed by atoms with E-state index in [-0.39, 0.29) is 17.7 Å². The van der Waals surface area contributed by atoms with Crippen LogP contribution in [0.5, 0.6) is 0 Å². The van der Waals surface area contributed by atoms with Gasteiger partial charge in [-0.3, -0.25) is 0 Å². The molecule has 2 aromatic carbocycles. The summed E-state index contributed by atoms with van der Waals surface area (Å²) in [7, 11) is 2.50. The van der Waals surface area contributed by atoms with Crippen molar-refractivity contribution in [3.05, 3.63) is 64.4 Å². The second-order valence-corrected chi connectivity index (χ2v) is 6.32. The summed E-state index contributed by atoms with van der Waals surface area (Å²) in [6.07, 6.45) is -5.60. The van der Waals surface area contributed by atoms with Crippen LogP contribution in [0.2, 0.25) is 5.02 Å². The van der Waals surface area contributed by atoms with Gasteiger partial charge in [-0.2, -0.15) is 18.4 Å². The number of carbonyl (C=O) groups excluding carboxylic acids is 2. The Bertz CT molecular complexity index is 859. The lowest BCUT2D eigenvalue weighted by molar-refractivity contribution is -0.137. The summed E-state index contributed by atoms with van der Waals surface area (Å²) < 4.78 is 52.1. The number of aliphatic hydroxyl groups excluding tert-OH is 1. The van der Waals surface area contributed by atoms with E-state index in [0.717, 1.165) is 13.2 Å². The number of aliphatic hydroxyl groups is 1. The molecule has 0 amide bonds. The van der Waals surface area contributed by atoms with Gasteiger partial charge in [0.2, 0.25) is 0 Å². The molecule has 3 N–H and O–H groups in total.